The van der Waals surface area contributed by atoms with E-state index >= 15 is 0 Å². The summed E-state index contributed by atoms with van der Waals surface area (Å²) in [6.45, 7) is 7.82. The van der Waals surface area contributed by atoms with Crippen LogP contribution in [-0.4, -0.2) is 54.1 Å². The van der Waals surface area contributed by atoms with Crippen molar-refractivity contribution in [3.63, 3.8) is 0 Å². The molecule has 0 aromatic carbocycles. The van der Waals surface area contributed by atoms with Gasteiger partial charge < -0.3 is 10.2 Å². The monoisotopic (exact) mass is 381 g/mol. The highest BCUT2D eigenvalue weighted by Crippen LogP contribution is 2.29. The van der Waals surface area contributed by atoms with Gasteiger partial charge in [0.05, 0.1) is 11.5 Å². The predicted molar refractivity (Wildman–Crippen MR) is 109 cm³/mol. The molecule has 2 aliphatic heterocycles. The molecule has 0 spiro atoms. The van der Waals surface area contributed by atoms with Crippen LogP contribution in [0, 0.1) is 31.1 Å². The average molecular weight is 382 g/mol. The van der Waals surface area contributed by atoms with E-state index in [4.69, 9.17) is 0 Å². The molecule has 1 N–H and O–H groups in total. The van der Waals surface area contributed by atoms with Crippen molar-refractivity contribution >= 4 is 11.7 Å². The van der Waals surface area contributed by atoms with E-state index in [-0.39, 0.29) is 11.8 Å². The Kier molecular flexibility index (Phi) is 5.54. The van der Waals surface area contributed by atoms with Crippen molar-refractivity contribution in [2.45, 2.75) is 64.5 Å². The van der Waals surface area contributed by atoms with Crippen LogP contribution in [0.25, 0.3) is 0 Å². The van der Waals surface area contributed by atoms with E-state index in [0.29, 0.717) is 17.6 Å². The van der Waals surface area contributed by atoms with Crippen LogP contribution in [0.3, 0.4) is 0 Å². The number of hydrogen-bond acceptors (Lipinski definition) is 5. The molecule has 150 valence electrons. The Bertz CT molecular complexity index is 774. The van der Waals surface area contributed by atoms with Gasteiger partial charge in [-0.05, 0) is 70.5 Å². The fourth-order valence-electron chi connectivity index (χ4n) is 4.73. The van der Waals surface area contributed by atoms with Gasteiger partial charge in [-0.3, -0.25) is 9.69 Å². The maximum absolute atomic E-state index is 12.5. The van der Waals surface area contributed by atoms with Gasteiger partial charge in [-0.15, -0.1) is 0 Å². The van der Waals surface area contributed by atoms with Gasteiger partial charge in [-0.1, -0.05) is 0 Å². The van der Waals surface area contributed by atoms with Crippen molar-refractivity contribution < 1.29 is 4.79 Å². The number of amides is 1. The largest absolute Gasteiger partial charge is 0.355 e. The van der Waals surface area contributed by atoms with E-state index in [2.05, 4.69) is 26.2 Å². The number of carbonyl (C=O) groups is 1. The van der Waals surface area contributed by atoms with Crippen molar-refractivity contribution in [2.75, 3.05) is 31.1 Å². The quantitative estimate of drug-likeness (QED) is 0.868. The second kappa shape index (κ2) is 8.08. The number of carbonyl (C=O) groups excluding carboxylic acids is 1. The first-order chi connectivity index (χ1) is 13.5. The molecule has 3 aliphatic rings. The second-order valence-corrected chi connectivity index (χ2v) is 8.73. The van der Waals surface area contributed by atoms with E-state index in [1.165, 1.54) is 0 Å². The molecule has 1 aromatic heterocycles. The van der Waals surface area contributed by atoms with Gasteiger partial charge in [0.15, 0.2) is 0 Å². The van der Waals surface area contributed by atoms with Crippen LogP contribution in [0.15, 0.2) is 6.07 Å². The fraction of sp³-hybridized carbons (Fsp3) is 0.682. The fourth-order valence-corrected chi connectivity index (χ4v) is 4.73. The molecular formula is C22H31N5O. The zero-order valence-electron chi connectivity index (χ0n) is 17.1. The van der Waals surface area contributed by atoms with Gasteiger partial charge in [0.1, 0.15) is 11.9 Å². The predicted octanol–water partition coefficient (Wildman–Crippen LogP) is 2.53. The molecule has 3 fully saturated rings. The standard InChI is InChI=1S/C22H31N5O/c1-15-12-16(2)24-21(20(15)13-23)26-10-7-19(8-11-26)27-9-3-4-17(14-27)22(28)25-18-5-6-18/h12,17-19H,3-11,14H2,1-2H3,(H,25,28)/t17-/m1/s1. The number of pyridine rings is 1. The second-order valence-electron chi connectivity index (χ2n) is 8.73. The summed E-state index contributed by atoms with van der Waals surface area (Å²) in [7, 11) is 0. The van der Waals surface area contributed by atoms with Crippen LogP contribution >= 0.6 is 0 Å². The van der Waals surface area contributed by atoms with E-state index in [9.17, 15) is 10.1 Å². The minimum Gasteiger partial charge on any atom is -0.355 e. The Hall–Kier alpha value is -2.13. The maximum atomic E-state index is 12.5. The number of anilines is 1. The summed E-state index contributed by atoms with van der Waals surface area (Å²) in [6, 6.07) is 5.31. The third kappa shape index (κ3) is 4.15. The first-order valence-corrected chi connectivity index (χ1v) is 10.7. The van der Waals surface area contributed by atoms with Crippen LogP contribution in [0.1, 0.15) is 55.3 Å². The van der Waals surface area contributed by atoms with Crippen molar-refractivity contribution in [2.24, 2.45) is 5.92 Å². The lowest BCUT2D eigenvalue weighted by molar-refractivity contribution is -0.127. The van der Waals surface area contributed by atoms with Gasteiger partial charge in [0, 0.05) is 37.4 Å². The maximum Gasteiger partial charge on any atom is 0.224 e. The molecule has 0 unspecified atom stereocenters. The highest BCUT2D eigenvalue weighted by molar-refractivity contribution is 5.79. The Balaban J connectivity index is 1.36. The third-order valence-electron chi connectivity index (χ3n) is 6.47. The molecule has 1 amide bonds. The molecule has 1 saturated carbocycles. The zero-order valence-corrected chi connectivity index (χ0v) is 17.1. The van der Waals surface area contributed by atoms with Crippen LogP contribution in [0.2, 0.25) is 0 Å². The first-order valence-electron chi connectivity index (χ1n) is 10.7. The summed E-state index contributed by atoms with van der Waals surface area (Å²) in [5.74, 6) is 1.26. The number of nitriles is 1. The topological polar surface area (TPSA) is 72.3 Å². The van der Waals surface area contributed by atoms with Crippen LogP contribution < -0.4 is 10.2 Å². The van der Waals surface area contributed by atoms with Crippen molar-refractivity contribution in [1.29, 1.82) is 5.26 Å². The molecule has 6 nitrogen and oxygen atoms in total. The van der Waals surface area contributed by atoms with Gasteiger partial charge in [0.25, 0.3) is 0 Å². The Morgan fingerprint density at radius 2 is 1.93 bits per heavy atom. The highest BCUT2D eigenvalue weighted by Gasteiger charge is 2.34. The molecule has 0 radical (unpaired) electrons. The molecule has 0 bridgehead atoms. The number of aromatic nitrogens is 1. The summed E-state index contributed by atoms with van der Waals surface area (Å²) < 4.78 is 0. The van der Waals surface area contributed by atoms with Crippen molar-refractivity contribution in [3.8, 4) is 6.07 Å². The lowest BCUT2D eigenvalue weighted by Gasteiger charge is -2.42. The molecule has 28 heavy (non-hydrogen) atoms. The molecule has 1 atom stereocenters. The van der Waals surface area contributed by atoms with Crippen LogP contribution in [-0.2, 0) is 4.79 Å². The molecule has 1 aliphatic carbocycles. The summed E-state index contributed by atoms with van der Waals surface area (Å²) in [5, 5.41) is 12.7. The number of hydrogen-bond donors (Lipinski definition) is 1. The number of aryl methyl sites for hydroxylation is 2. The zero-order chi connectivity index (χ0) is 19.7. The Morgan fingerprint density at radius 3 is 2.61 bits per heavy atom. The lowest BCUT2D eigenvalue weighted by Crippen LogP contribution is -2.51. The van der Waals surface area contributed by atoms with Gasteiger partial charge in [0.2, 0.25) is 5.91 Å². The number of nitrogens with one attached hydrogen (secondary N) is 1. The minimum atomic E-state index is 0.152. The average Bonchev–Trinajstić information content (AvgIpc) is 3.52. The van der Waals surface area contributed by atoms with E-state index < -0.39 is 0 Å². The number of piperidine rings is 2. The summed E-state index contributed by atoms with van der Waals surface area (Å²) in [6.07, 6.45) is 6.56. The molecule has 6 heteroatoms. The van der Waals surface area contributed by atoms with E-state index in [0.717, 1.165) is 81.8 Å². The van der Waals surface area contributed by atoms with E-state index in [1.807, 2.05) is 19.9 Å². The van der Waals surface area contributed by atoms with E-state index in [1.54, 1.807) is 0 Å². The van der Waals surface area contributed by atoms with Crippen LogP contribution in [0.5, 0.6) is 0 Å². The van der Waals surface area contributed by atoms with Crippen molar-refractivity contribution in [1.82, 2.24) is 15.2 Å². The third-order valence-corrected chi connectivity index (χ3v) is 6.47. The highest BCUT2D eigenvalue weighted by atomic mass is 16.2. The lowest BCUT2D eigenvalue weighted by atomic mass is 9.93. The number of likely N-dealkylation sites (tertiary alicyclic amines) is 1. The normalized spacial score (nSPS) is 24.0. The summed E-state index contributed by atoms with van der Waals surface area (Å²) in [4.78, 5) is 21.9. The first kappa shape index (κ1) is 19.2. The van der Waals surface area contributed by atoms with Crippen LogP contribution in [0.4, 0.5) is 5.82 Å². The van der Waals surface area contributed by atoms with Crippen molar-refractivity contribution in [3.05, 3.63) is 22.9 Å². The molecule has 1 aromatic rings. The molecule has 4 rings (SSSR count). The smallest absolute Gasteiger partial charge is 0.224 e. The number of rotatable bonds is 4. The van der Waals surface area contributed by atoms with Gasteiger partial charge in [-0.2, -0.15) is 5.26 Å². The SMILES string of the molecule is Cc1cc(C)c(C#N)c(N2CCC(N3CCC[C@@H](C(=O)NC4CC4)C3)CC2)n1. The molecule has 3 heterocycles. The molecular weight excluding hydrogens is 350 g/mol. The summed E-state index contributed by atoms with van der Waals surface area (Å²) in [5.41, 5.74) is 2.68. The Morgan fingerprint density at radius 1 is 1.18 bits per heavy atom. The minimum absolute atomic E-state index is 0.152. The Labute approximate surface area is 167 Å². The van der Waals surface area contributed by atoms with Gasteiger partial charge in [-0.25, -0.2) is 4.98 Å². The van der Waals surface area contributed by atoms with Gasteiger partial charge >= 0.3 is 0 Å². The number of nitrogens with zero attached hydrogens (tertiary/aromatic N) is 4. The summed E-state index contributed by atoms with van der Waals surface area (Å²) >= 11 is 0. The molecule has 2 saturated heterocycles.